The first kappa shape index (κ1) is 13.5. The first-order valence-electron chi connectivity index (χ1n) is 7.31. The first-order chi connectivity index (χ1) is 10.0. The van der Waals surface area contributed by atoms with E-state index in [-0.39, 0.29) is 17.4 Å². The third-order valence-electron chi connectivity index (χ3n) is 4.46. The fourth-order valence-corrected chi connectivity index (χ4v) is 6.40. The van der Waals surface area contributed by atoms with E-state index in [4.69, 9.17) is 5.73 Å². The standard InChI is InChI=1S/C14H17N3O2S2/c15-12-11-9-3-1-2-4-10(9)20-14(11)17-13(16-12)8-5-6-21(18,19)7-8/h8H,1-7H2,(H2,15,16,17). The smallest absolute Gasteiger partial charge is 0.151 e. The zero-order chi connectivity index (χ0) is 14.6. The number of thiophene rings is 1. The Morgan fingerprint density at radius 3 is 2.76 bits per heavy atom. The molecule has 21 heavy (non-hydrogen) atoms. The number of nitrogen functional groups attached to an aromatic ring is 1. The second kappa shape index (κ2) is 4.64. The van der Waals surface area contributed by atoms with Crippen molar-refractivity contribution in [2.45, 2.75) is 38.0 Å². The third-order valence-corrected chi connectivity index (χ3v) is 7.41. The van der Waals surface area contributed by atoms with Crippen molar-refractivity contribution in [1.82, 2.24) is 9.97 Å². The number of fused-ring (bicyclic) bond motifs is 3. The van der Waals surface area contributed by atoms with Crippen molar-refractivity contribution in [2.24, 2.45) is 0 Å². The molecule has 2 N–H and O–H groups in total. The highest BCUT2D eigenvalue weighted by Gasteiger charge is 2.32. The number of nitrogens with zero attached hydrogens (tertiary/aromatic N) is 2. The van der Waals surface area contributed by atoms with Crippen LogP contribution < -0.4 is 5.73 Å². The Hall–Kier alpha value is -1.21. The van der Waals surface area contributed by atoms with Gasteiger partial charge in [0.15, 0.2) is 9.84 Å². The van der Waals surface area contributed by atoms with E-state index in [0.29, 0.717) is 18.1 Å². The third kappa shape index (κ3) is 2.23. The van der Waals surface area contributed by atoms with Crippen molar-refractivity contribution in [3.8, 4) is 0 Å². The number of sulfone groups is 1. The summed E-state index contributed by atoms with van der Waals surface area (Å²) in [6, 6.07) is 0. The van der Waals surface area contributed by atoms with Crippen LogP contribution in [0.3, 0.4) is 0 Å². The second-order valence-electron chi connectivity index (χ2n) is 5.96. The van der Waals surface area contributed by atoms with Gasteiger partial charge in [0.1, 0.15) is 16.5 Å². The highest BCUT2D eigenvalue weighted by molar-refractivity contribution is 7.91. The van der Waals surface area contributed by atoms with Gasteiger partial charge < -0.3 is 5.73 Å². The quantitative estimate of drug-likeness (QED) is 0.868. The molecule has 5 nitrogen and oxygen atoms in total. The molecule has 2 aromatic rings. The van der Waals surface area contributed by atoms with Crippen LogP contribution in [0.5, 0.6) is 0 Å². The Bertz CT molecular complexity index is 826. The lowest BCUT2D eigenvalue weighted by molar-refractivity contribution is 0.601. The monoisotopic (exact) mass is 323 g/mol. The lowest BCUT2D eigenvalue weighted by Gasteiger charge is -2.11. The van der Waals surface area contributed by atoms with Crippen molar-refractivity contribution < 1.29 is 8.42 Å². The minimum Gasteiger partial charge on any atom is -0.383 e. The fraction of sp³-hybridized carbons (Fsp3) is 0.571. The van der Waals surface area contributed by atoms with Gasteiger partial charge in [-0.05, 0) is 37.7 Å². The van der Waals surface area contributed by atoms with Crippen LogP contribution in [-0.2, 0) is 22.7 Å². The Kier molecular flexibility index (Phi) is 2.97. The molecule has 0 aromatic carbocycles. The molecule has 1 unspecified atom stereocenters. The van der Waals surface area contributed by atoms with E-state index >= 15 is 0 Å². The van der Waals surface area contributed by atoms with Gasteiger partial charge in [-0.25, -0.2) is 18.4 Å². The van der Waals surface area contributed by atoms with Crippen LogP contribution in [0.15, 0.2) is 0 Å². The zero-order valence-electron chi connectivity index (χ0n) is 11.6. The van der Waals surface area contributed by atoms with Gasteiger partial charge in [0.2, 0.25) is 0 Å². The minimum atomic E-state index is -2.93. The van der Waals surface area contributed by atoms with Crippen LogP contribution in [0.1, 0.15) is 41.4 Å². The predicted molar refractivity (Wildman–Crippen MR) is 84.5 cm³/mol. The summed E-state index contributed by atoms with van der Waals surface area (Å²) in [4.78, 5) is 11.4. The summed E-state index contributed by atoms with van der Waals surface area (Å²) in [5.74, 6) is 1.43. The maximum Gasteiger partial charge on any atom is 0.151 e. The molecule has 1 aliphatic carbocycles. The predicted octanol–water partition coefficient (Wildman–Crippen LogP) is 2.05. The van der Waals surface area contributed by atoms with Gasteiger partial charge in [0.05, 0.1) is 16.9 Å². The number of rotatable bonds is 1. The Labute approximate surface area is 127 Å². The second-order valence-corrected chi connectivity index (χ2v) is 9.27. The van der Waals surface area contributed by atoms with Gasteiger partial charge in [-0.1, -0.05) is 0 Å². The number of hydrogen-bond donors (Lipinski definition) is 1. The Morgan fingerprint density at radius 2 is 2.00 bits per heavy atom. The largest absolute Gasteiger partial charge is 0.383 e. The molecular formula is C14H17N3O2S2. The van der Waals surface area contributed by atoms with Gasteiger partial charge in [0, 0.05) is 10.8 Å². The highest BCUT2D eigenvalue weighted by Crippen LogP contribution is 2.39. The average molecular weight is 323 g/mol. The molecule has 2 aliphatic rings. The van der Waals surface area contributed by atoms with Crippen LogP contribution in [0, 0.1) is 0 Å². The number of anilines is 1. The molecule has 1 atom stereocenters. The Balaban J connectivity index is 1.83. The lowest BCUT2D eigenvalue weighted by atomic mass is 9.97. The van der Waals surface area contributed by atoms with Crippen LogP contribution in [0.2, 0.25) is 0 Å². The number of aryl methyl sites for hydroxylation is 2. The molecule has 1 fully saturated rings. The SMILES string of the molecule is Nc1nc(C2CCS(=O)(=O)C2)nc2sc3c(c12)CCCC3. The summed E-state index contributed by atoms with van der Waals surface area (Å²) in [5.41, 5.74) is 7.49. The summed E-state index contributed by atoms with van der Waals surface area (Å²) in [5, 5.41) is 1.01. The fourth-order valence-electron chi connectivity index (χ4n) is 3.38. The highest BCUT2D eigenvalue weighted by atomic mass is 32.2. The van der Waals surface area contributed by atoms with Crippen molar-refractivity contribution in [3.05, 3.63) is 16.3 Å². The maximum atomic E-state index is 11.6. The molecule has 0 spiro atoms. The van der Waals surface area contributed by atoms with Crippen molar-refractivity contribution >= 4 is 37.2 Å². The molecule has 3 heterocycles. The van der Waals surface area contributed by atoms with Crippen LogP contribution >= 0.6 is 11.3 Å². The van der Waals surface area contributed by atoms with E-state index in [2.05, 4.69) is 9.97 Å². The Morgan fingerprint density at radius 1 is 1.19 bits per heavy atom. The lowest BCUT2D eigenvalue weighted by Crippen LogP contribution is -2.09. The van der Waals surface area contributed by atoms with E-state index in [1.165, 1.54) is 23.3 Å². The summed E-state index contributed by atoms with van der Waals surface area (Å²) < 4.78 is 23.3. The normalized spacial score (nSPS) is 24.3. The number of aromatic nitrogens is 2. The van der Waals surface area contributed by atoms with Crippen LogP contribution in [-0.4, -0.2) is 29.9 Å². The van der Waals surface area contributed by atoms with Crippen LogP contribution in [0.4, 0.5) is 5.82 Å². The summed E-state index contributed by atoms with van der Waals surface area (Å²) in [6.07, 6.45) is 5.18. The molecule has 1 saturated heterocycles. The molecule has 4 rings (SSSR count). The minimum absolute atomic E-state index is 0.0965. The molecule has 0 radical (unpaired) electrons. The molecule has 0 bridgehead atoms. The van der Waals surface area contributed by atoms with Crippen LogP contribution in [0.25, 0.3) is 10.2 Å². The molecule has 112 valence electrons. The van der Waals surface area contributed by atoms with Gasteiger partial charge >= 0.3 is 0 Å². The zero-order valence-corrected chi connectivity index (χ0v) is 13.3. The molecule has 7 heteroatoms. The van der Waals surface area contributed by atoms with Gasteiger partial charge in [-0.3, -0.25) is 0 Å². The maximum absolute atomic E-state index is 11.6. The van der Waals surface area contributed by atoms with Gasteiger partial charge in [0.25, 0.3) is 0 Å². The summed E-state index contributed by atoms with van der Waals surface area (Å²) in [7, 11) is -2.93. The van der Waals surface area contributed by atoms with Crippen molar-refractivity contribution in [2.75, 3.05) is 17.2 Å². The van der Waals surface area contributed by atoms with Gasteiger partial charge in [-0.15, -0.1) is 11.3 Å². The molecule has 1 aliphatic heterocycles. The van der Waals surface area contributed by atoms with E-state index in [1.807, 2.05) is 0 Å². The first-order valence-corrected chi connectivity index (χ1v) is 9.95. The van der Waals surface area contributed by atoms with Crippen molar-refractivity contribution in [1.29, 1.82) is 0 Å². The molecule has 0 saturated carbocycles. The van der Waals surface area contributed by atoms with E-state index in [1.54, 1.807) is 11.3 Å². The molecule has 2 aromatic heterocycles. The number of nitrogens with two attached hydrogens (primary N) is 1. The summed E-state index contributed by atoms with van der Waals surface area (Å²) >= 11 is 1.71. The molecule has 0 amide bonds. The van der Waals surface area contributed by atoms with Gasteiger partial charge in [-0.2, -0.15) is 0 Å². The van der Waals surface area contributed by atoms with Crippen molar-refractivity contribution in [3.63, 3.8) is 0 Å². The van der Waals surface area contributed by atoms with E-state index < -0.39 is 9.84 Å². The molecular weight excluding hydrogens is 306 g/mol. The van der Waals surface area contributed by atoms with E-state index in [0.717, 1.165) is 23.1 Å². The average Bonchev–Trinajstić information content (AvgIpc) is 2.98. The summed E-state index contributed by atoms with van der Waals surface area (Å²) in [6.45, 7) is 0. The van der Waals surface area contributed by atoms with E-state index in [9.17, 15) is 8.42 Å². The number of hydrogen-bond acceptors (Lipinski definition) is 6. The topological polar surface area (TPSA) is 85.9 Å².